The van der Waals surface area contributed by atoms with Crippen LogP contribution in [0.4, 0.5) is 15.8 Å². The highest BCUT2D eigenvalue weighted by atomic mass is 19.1. The fourth-order valence-electron chi connectivity index (χ4n) is 4.29. The van der Waals surface area contributed by atoms with Crippen LogP contribution in [0.25, 0.3) is 16.8 Å². The molecule has 5 rings (SSSR count). The minimum absolute atomic E-state index is 0.00737. The Morgan fingerprint density at radius 2 is 1.89 bits per heavy atom. The molecule has 4 aromatic heterocycles. The summed E-state index contributed by atoms with van der Waals surface area (Å²) < 4.78 is 23.3. The lowest BCUT2D eigenvalue weighted by Gasteiger charge is -2.29. The summed E-state index contributed by atoms with van der Waals surface area (Å²) in [6.07, 6.45) is 4.85. The van der Waals surface area contributed by atoms with Crippen LogP contribution in [0.3, 0.4) is 0 Å². The Kier molecular flexibility index (Phi) is 5.95. The third kappa shape index (κ3) is 4.41. The fourth-order valence-corrected chi connectivity index (χ4v) is 4.29. The number of halogens is 1. The molecule has 0 saturated carbocycles. The van der Waals surface area contributed by atoms with E-state index in [9.17, 15) is 9.18 Å². The van der Waals surface area contributed by atoms with Crippen LogP contribution in [0.2, 0.25) is 0 Å². The number of nitrogens with zero attached hydrogens (tertiary/aromatic N) is 7. The first-order valence-corrected chi connectivity index (χ1v) is 11.8. The first kappa shape index (κ1) is 23.9. The van der Waals surface area contributed by atoms with E-state index in [-0.39, 0.29) is 11.4 Å². The van der Waals surface area contributed by atoms with Crippen LogP contribution in [0.5, 0.6) is 0 Å². The number of hydrogen-bond acceptors (Lipinski definition) is 7. The number of amides is 1. The molecule has 1 fully saturated rings. The molecule has 0 spiro atoms. The summed E-state index contributed by atoms with van der Waals surface area (Å²) in [5, 5.41) is 11.2. The van der Waals surface area contributed by atoms with Crippen molar-refractivity contribution in [2.75, 3.05) is 36.5 Å². The Balaban J connectivity index is 1.51. The third-order valence-corrected chi connectivity index (χ3v) is 6.11. The molecule has 1 aliphatic rings. The highest BCUT2D eigenvalue weighted by molar-refractivity contribution is 6.03. The summed E-state index contributed by atoms with van der Waals surface area (Å²) in [6.45, 7) is 12.1. The van der Waals surface area contributed by atoms with Gasteiger partial charge >= 0.3 is 0 Å². The van der Waals surface area contributed by atoms with Gasteiger partial charge in [0.2, 0.25) is 5.95 Å². The molecule has 0 unspecified atom stereocenters. The molecule has 1 saturated heterocycles. The van der Waals surface area contributed by atoms with Gasteiger partial charge in [0.1, 0.15) is 17.2 Å². The first-order chi connectivity index (χ1) is 17.1. The Hall–Kier alpha value is -3.86. The second-order valence-electron chi connectivity index (χ2n) is 9.91. The number of fused-ring (bicyclic) bond motifs is 1. The maximum atomic E-state index is 14.8. The molecule has 11 heteroatoms. The normalized spacial score (nSPS) is 14.4. The van der Waals surface area contributed by atoms with Crippen LogP contribution in [0, 0.1) is 19.8 Å². The molecule has 188 valence electrons. The number of carbonyl (C=O) groups excluding carboxylic acids is 1. The second kappa shape index (κ2) is 8.98. The zero-order chi connectivity index (χ0) is 25.6. The van der Waals surface area contributed by atoms with Crippen LogP contribution in [0.1, 0.15) is 42.6 Å². The van der Waals surface area contributed by atoms with Crippen molar-refractivity contribution in [3.8, 4) is 11.1 Å². The topological polar surface area (TPSA) is 102 Å². The number of ether oxygens (including phenoxy) is 1. The molecule has 1 N–H and O–H groups in total. The van der Waals surface area contributed by atoms with Crippen molar-refractivity contribution in [1.29, 1.82) is 0 Å². The molecular weight excluding hydrogens is 463 g/mol. The summed E-state index contributed by atoms with van der Waals surface area (Å²) in [4.78, 5) is 24.2. The molecule has 1 amide bonds. The Morgan fingerprint density at radius 3 is 2.58 bits per heavy atom. The number of morpholine rings is 1. The minimum atomic E-state index is -0.606. The van der Waals surface area contributed by atoms with Gasteiger partial charge in [0.05, 0.1) is 30.6 Å². The number of carbonyl (C=O) groups is 1. The molecule has 4 aromatic rings. The van der Waals surface area contributed by atoms with Crippen molar-refractivity contribution < 1.29 is 13.9 Å². The maximum absolute atomic E-state index is 14.8. The van der Waals surface area contributed by atoms with Gasteiger partial charge in [0.15, 0.2) is 5.65 Å². The average Bonchev–Trinajstić information content (AvgIpc) is 3.40. The van der Waals surface area contributed by atoms with E-state index in [1.54, 1.807) is 16.8 Å². The van der Waals surface area contributed by atoms with Gasteiger partial charge in [0.25, 0.3) is 5.91 Å². The van der Waals surface area contributed by atoms with E-state index in [1.807, 2.05) is 40.8 Å². The summed E-state index contributed by atoms with van der Waals surface area (Å²) in [5.41, 5.74) is 3.93. The highest BCUT2D eigenvalue weighted by Crippen LogP contribution is 2.31. The smallest absolute Gasteiger partial charge is 0.274 e. The summed E-state index contributed by atoms with van der Waals surface area (Å²) in [6, 6.07) is 3.77. The van der Waals surface area contributed by atoms with Gasteiger partial charge < -0.3 is 15.0 Å². The Morgan fingerprint density at radius 1 is 1.14 bits per heavy atom. The number of rotatable bonds is 4. The van der Waals surface area contributed by atoms with Gasteiger partial charge in [-0.05, 0) is 57.9 Å². The van der Waals surface area contributed by atoms with Crippen molar-refractivity contribution >= 4 is 22.9 Å². The largest absolute Gasteiger partial charge is 0.378 e. The maximum Gasteiger partial charge on any atom is 0.274 e. The van der Waals surface area contributed by atoms with Crippen molar-refractivity contribution in [3.05, 3.63) is 53.8 Å². The average molecular weight is 493 g/mol. The summed E-state index contributed by atoms with van der Waals surface area (Å²) >= 11 is 0. The number of hydrogen-bond donors (Lipinski definition) is 1. The molecule has 5 heterocycles. The SMILES string of the molecule is Cc1nc2c(N3CCOCC3)cc(-c3cc(C(=O)Nc4cnn(C(C)(C)C)c4F)ncc3C)cn2n1. The number of nitrogens with one attached hydrogen (secondary N) is 1. The third-order valence-electron chi connectivity index (χ3n) is 6.11. The number of anilines is 2. The molecule has 0 atom stereocenters. The molecule has 10 nitrogen and oxygen atoms in total. The van der Waals surface area contributed by atoms with Crippen LogP contribution >= 0.6 is 0 Å². The van der Waals surface area contributed by atoms with Crippen molar-refractivity contribution in [3.63, 3.8) is 0 Å². The van der Waals surface area contributed by atoms with E-state index in [4.69, 9.17) is 4.74 Å². The van der Waals surface area contributed by atoms with Crippen LogP contribution in [-0.2, 0) is 10.3 Å². The lowest BCUT2D eigenvalue weighted by Crippen LogP contribution is -2.36. The standard InChI is InChI=1S/C25H29FN8O2/c1-15-12-27-19(24(35)30-20-13-28-34(22(20)26)25(3,4)5)11-18(15)17-10-21(32-6-8-36-9-7-32)23-29-16(2)31-33(23)14-17/h10-14H,6-9H2,1-5H3,(H,30,35). The van der Waals surface area contributed by atoms with Crippen molar-refractivity contribution in [1.82, 2.24) is 29.4 Å². The zero-order valence-electron chi connectivity index (χ0n) is 21.0. The lowest BCUT2D eigenvalue weighted by molar-refractivity contribution is 0.102. The monoisotopic (exact) mass is 492 g/mol. The van der Waals surface area contributed by atoms with Gasteiger partial charge in [-0.3, -0.25) is 9.78 Å². The molecular formula is C25H29FN8O2. The van der Waals surface area contributed by atoms with E-state index >= 15 is 0 Å². The van der Waals surface area contributed by atoms with Crippen LogP contribution < -0.4 is 10.2 Å². The molecule has 0 aliphatic carbocycles. The van der Waals surface area contributed by atoms with E-state index < -0.39 is 17.4 Å². The highest BCUT2D eigenvalue weighted by Gasteiger charge is 2.23. The Labute approximate surface area is 208 Å². The molecule has 0 bridgehead atoms. The van der Waals surface area contributed by atoms with Gasteiger partial charge in [-0.2, -0.15) is 14.6 Å². The van der Waals surface area contributed by atoms with Gasteiger partial charge in [0, 0.05) is 31.0 Å². The predicted octanol–water partition coefficient (Wildman–Crippen LogP) is 3.59. The molecule has 1 aliphatic heterocycles. The molecule has 0 aromatic carbocycles. The van der Waals surface area contributed by atoms with Gasteiger partial charge in [-0.15, -0.1) is 0 Å². The van der Waals surface area contributed by atoms with Crippen molar-refractivity contribution in [2.45, 2.75) is 40.2 Å². The summed E-state index contributed by atoms with van der Waals surface area (Å²) in [5.74, 6) is -0.453. The number of aryl methyl sites for hydroxylation is 2. The second-order valence-corrected chi connectivity index (χ2v) is 9.91. The van der Waals surface area contributed by atoms with Crippen molar-refractivity contribution in [2.24, 2.45) is 0 Å². The van der Waals surface area contributed by atoms with E-state index in [2.05, 4.69) is 36.4 Å². The molecule has 36 heavy (non-hydrogen) atoms. The van der Waals surface area contributed by atoms with Gasteiger partial charge in [-0.1, -0.05) is 0 Å². The predicted molar refractivity (Wildman–Crippen MR) is 134 cm³/mol. The minimum Gasteiger partial charge on any atom is -0.378 e. The first-order valence-electron chi connectivity index (χ1n) is 11.8. The van der Waals surface area contributed by atoms with Crippen LogP contribution in [0.15, 0.2) is 30.7 Å². The van der Waals surface area contributed by atoms with E-state index in [0.29, 0.717) is 19.0 Å². The van der Waals surface area contributed by atoms with E-state index in [1.165, 1.54) is 10.9 Å². The van der Waals surface area contributed by atoms with Crippen LogP contribution in [-0.4, -0.2) is 61.6 Å². The number of pyridine rings is 2. The Bertz CT molecular complexity index is 1450. The lowest BCUT2D eigenvalue weighted by atomic mass is 10.0. The van der Waals surface area contributed by atoms with E-state index in [0.717, 1.165) is 41.1 Å². The summed E-state index contributed by atoms with van der Waals surface area (Å²) in [7, 11) is 0. The fraction of sp³-hybridized carbons (Fsp3) is 0.400. The quantitative estimate of drug-likeness (QED) is 0.464. The number of aromatic nitrogens is 6. The molecule has 0 radical (unpaired) electrons. The van der Waals surface area contributed by atoms with Gasteiger partial charge in [-0.25, -0.2) is 14.2 Å². The zero-order valence-corrected chi connectivity index (χ0v) is 21.0.